The molecule has 0 N–H and O–H groups in total. The summed E-state index contributed by atoms with van der Waals surface area (Å²) in [5, 5.41) is 2.22. The number of hydrogen-bond acceptors (Lipinski definition) is 8. The van der Waals surface area contributed by atoms with Crippen molar-refractivity contribution in [3.8, 4) is 90.9 Å². The Morgan fingerprint density at radius 1 is 0.400 bits per heavy atom. The van der Waals surface area contributed by atoms with E-state index < -0.39 is 5.60 Å². The molecule has 3 aromatic heterocycles. The molecule has 0 atom stereocenters. The zero-order chi connectivity index (χ0) is 43.5. The maximum Gasteiger partial charge on any atom is 0.239 e. The van der Waals surface area contributed by atoms with Gasteiger partial charge < -0.3 is 4.74 Å². The Hall–Kier alpha value is -8.69. The first-order valence-electron chi connectivity index (χ1n) is 21.5. The predicted molar refractivity (Wildman–Crippen MR) is 257 cm³/mol. The van der Waals surface area contributed by atoms with Crippen LogP contribution in [-0.2, 0) is 5.60 Å². The van der Waals surface area contributed by atoms with Crippen LogP contribution in [-0.4, -0.2) is 39.5 Å². The molecule has 1 aliphatic heterocycles. The normalized spacial score (nSPS) is 12.7. The van der Waals surface area contributed by atoms with E-state index in [2.05, 4.69) is 110 Å². The number of ether oxygens (including phenoxy) is 1. The predicted octanol–water partition coefficient (Wildman–Crippen LogP) is 12.8. The van der Waals surface area contributed by atoms with Gasteiger partial charge in [0.1, 0.15) is 17.7 Å². The molecule has 0 radical (unpaired) electrons. The summed E-state index contributed by atoms with van der Waals surface area (Å²) in [7, 11) is 0. The van der Waals surface area contributed by atoms with Crippen molar-refractivity contribution >= 4 is 21.8 Å². The van der Waals surface area contributed by atoms with E-state index in [9.17, 15) is 0 Å². The fraction of sp³-hybridized carbons (Fsp3) is 0.0536. The minimum Gasteiger partial charge on any atom is -0.482 e. The lowest BCUT2D eigenvalue weighted by Gasteiger charge is -2.35. The van der Waals surface area contributed by atoms with Crippen LogP contribution in [0.15, 0.2) is 194 Å². The van der Waals surface area contributed by atoms with Crippen molar-refractivity contribution in [1.82, 2.24) is 39.5 Å². The molecular weight excluding hydrogens is 801 g/mol. The lowest BCUT2D eigenvalue weighted by molar-refractivity contribution is 0.106. The van der Waals surface area contributed by atoms with Crippen molar-refractivity contribution in [2.24, 2.45) is 0 Å². The molecule has 0 amide bonds. The molecular formula is C56H38N8O. The highest BCUT2D eigenvalue weighted by Gasteiger charge is 2.32. The van der Waals surface area contributed by atoms with E-state index in [0.717, 1.165) is 83.2 Å². The largest absolute Gasteiger partial charge is 0.482 e. The van der Waals surface area contributed by atoms with Crippen molar-refractivity contribution in [2.45, 2.75) is 19.4 Å². The van der Waals surface area contributed by atoms with Crippen LogP contribution in [0.4, 0.5) is 0 Å². The molecule has 0 aliphatic carbocycles. The highest BCUT2D eigenvalue weighted by molar-refractivity contribution is 5.89. The van der Waals surface area contributed by atoms with E-state index in [0.29, 0.717) is 35.1 Å². The zero-order valence-electron chi connectivity index (χ0n) is 35.5. The van der Waals surface area contributed by atoms with E-state index in [1.54, 1.807) is 6.33 Å². The second kappa shape index (κ2) is 15.3. The highest BCUT2D eigenvalue weighted by Crippen LogP contribution is 2.47. The molecule has 8 aromatic carbocycles. The third kappa shape index (κ3) is 6.87. The van der Waals surface area contributed by atoms with Gasteiger partial charge in [-0.2, -0.15) is 9.97 Å². The zero-order valence-corrected chi connectivity index (χ0v) is 35.5. The van der Waals surface area contributed by atoms with Crippen molar-refractivity contribution in [3.63, 3.8) is 0 Å². The van der Waals surface area contributed by atoms with Gasteiger partial charge in [-0.1, -0.05) is 158 Å². The topological polar surface area (TPSA) is 104 Å². The molecule has 0 fully saturated rings. The average Bonchev–Trinajstić information content (AvgIpc) is 3.80. The van der Waals surface area contributed by atoms with Gasteiger partial charge in [-0.3, -0.25) is 4.57 Å². The monoisotopic (exact) mass is 838 g/mol. The van der Waals surface area contributed by atoms with Gasteiger partial charge in [-0.05, 0) is 71.6 Å². The Morgan fingerprint density at radius 2 is 0.969 bits per heavy atom. The molecule has 0 saturated heterocycles. The molecule has 4 heterocycles. The van der Waals surface area contributed by atoms with Gasteiger partial charge in [0.25, 0.3) is 0 Å². The molecule has 12 rings (SSSR count). The number of aromatic nitrogens is 8. The van der Waals surface area contributed by atoms with Crippen molar-refractivity contribution in [1.29, 1.82) is 0 Å². The minimum absolute atomic E-state index is 0.449. The Morgan fingerprint density at radius 3 is 1.72 bits per heavy atom. The smallest absolute Gasteiger partial charge is 0.239 e. The van der Waals surface area contributed by atoms with Gasteiger partial charge in [0, 0.05) is 38.9 Å². The molecule has 308 valence electrons. The van der Waals surface area contributed by atoms with E-state index in [-0.39, 0.29) is 0 Å². The molecule has 9 nitrogen and oxygen atoms in total. The Bertz CT molecular complexity index is 3570. The fourth-order valence-corrected chi connectivity index (χ4v) is 8.80. The number of para-hydroxylation sites is 2. The summed E-state index contributed by atoms with van der Waals surface area (Å²) in [6.45, 7) is 4.23. The molecule has 0 bridgehead atoms. The van der Waals surface area contributed by atoms with E-state index in [1.807, 2.05) is 102 Å². The summed E-state index contributed by atoms with van der Waals surface area (Å²) in [6, 6.07) is 63.7. The maximum atomic E-state index is 6.79. The van der Waals surface area contributed by atoms with Gasteiger partial charge in [-0.25, -0.2) is 24.9 Å². The van der Waals surface area contributed by atoms with Crippen LogP contribution in [0.1, 0.15) is 19.4 Å². The number of rotatable bonds is 7. The van der Waals surface area contributed by atoms with Gasteiger partial charge in [-0.15, -0.1) is 0 Å². The van der Waals surface area contributed by atoms with Gasteiger partial charge in [0.2, 0.25) is 5.95 Å². The first-order chi connectivity index (χ1) is 31.9. The van der Waals surface area contributed by atoms with Crippen molar-refractivity contribution in [3.05, 3.63) is 200 Å². The second-order valence-electron chi connectivity index (χ2n) is 16.6. The van der Waals surface area contributed by atoms with Crippen LogP contribution in [0.2, 0.25) is 0 Å². The SMILES string of the molecule is CC1(C)Oc2cc(-c3ccc(-c4nc(-c5ccc6ccccc6c5)nc(-n5cnc6ccccc65)n4)cc3-c3nc(-c4ccccc4)nc(-c4ccccc4)n3)ccc2-c2ccccc21. The van der Waals surface area contributed by atoms with Crippen molar-refractivity contribution < 1.29 is 4.74 Å². The summed E-state index contributed by atoms with van der Waals surface area (Å²) in [5.74, 6) is 3.90. The van der Waals surface area contributed by atoms with E-state index >= 15 is 0 Å². The Labute approximate surface area is 374 Å². The molecule has 1 aliphatic rings. The molecule has 65 heavy (non-hydrogen) atoms. The van der Waals surface area contributed by atoms with Crippen LogP contribution in [0.3, 0.4) is 0 Å². The number of nitrogens with zero attached hydrogens (tertiary/aromatic N) is 8. The first kappa shape index (κ1) is 38.0. The quantitative estimate of drug-likeness (QED) is 0.156. The molecule has 9 heteroatoms. The number of hydrogen-bond donors (Lipinski definition) is 0. The van der Waals surface area contributed by atoms with Gasteiger partial charge in [0.05, 0.1) is 11.0 Å². The number of fused-ring (bicyclic) bond motifs is 5. The van der Waals surface area contributed by atoms with Crippen molar-refractivity contribution in [2.75, 3.05) is 0 Å². The average molecular weight is 839 g/mol. The van der Waals surface area contributed by atoms with Gasteiger partial charge >= 0.3 is 0 Å². The van der Waals surface area contributed by atoms with Crippen LogP contribution in [0.5, 0.6) is 5.75 Å². The second-order valence-corrected chi connectivity index (χ2v) is 16.6. The van der Waals surface area contributed by atoms with Crippen LogP contribution >= 0.6 is 0 Å². The lowest BCUT2D eigenvalue weighted by atomic mass is 9.85. The van der Waals surface area contributed by atoms with Gasteiger partial charge in [0.15, 0.2) is 29.1 Å². The van der Waals surface area contributed by atoms with Crippen LogP contribution in [0, 0.1) is 0 Å². The lowest BCUT2D eigenvalue weighted by Crippen LogP contribution is -2.29. The van der Waals surface area contributed by atoms with Crippen LogP contribution in [0.25, 0.3) is 107 Å². The van der Waals surface area contributed by atoms with E-state index in [4.69, 9.17) is 34.6 Å². The summed E-state index contributed by atoms with van der Waals surface area (Å²) >= 11 is 0. The molecule has 0 saturated carbocycles. The summed E-state index contributed by atoms with van der Waals surface area (Å²) in [4.78, 5) is 35.6. The summed E-state index contributed by atoms with van der Waals surface area (Å²) < 4.78 is 8.70. The third-order valence-corrected chi connectivity index (χ3v) is 12.0. The standard InChI is InChI=1S/C56H38N8O/c1-56(2)46-22-12-11-21-43(46)44-30-27-39(33-49(44)65-56)42-29-28-41(32-45(42)54-60-50(36-16-5-3-6-17-36)58-51(61-54)37-18-7-4-8-19-37)53-59-52(40-26-25-35-15-9-10-20-38(35)31-40)62-55(63-53)64-34-57-47-23-13-14-24-48(47)64/h3-34H,1-2H3. The maximum absolute atomic E-state index is 6.79. The third-order valence-electron chi connectivity index (χ3n) is 12.0. The number of imidazole rings is 1. The Kier molecular flexibility index (Phi) is 8.94. The summed E-state index contributed by atoms with van der Waals surface area (Å²) in [6.07, 6.45) is 1.77. The Balaban J connectivity index is 1.09. The van der Waals surface area contributed by atoms with E-state index in [1.165, 1.54) is 0 Å². The number of benzene rings is 8. The van der Waals surface area contributed by atoms with Crippen LogP contribution < -0.4 is 4.74 Å². The molecule has 0 unspecified atom stereocenters. The fourth-order valence-electron chi connectivity index (χ4n) is 8.80. The summed E-state index contributed by atoms with van der Waals surface area (Å²) in [5.41, 5.74) is 10.6. The molecule has 0 spiro atoms. The first-order valence-corrected chi connectivity index (χ1v) is 21.5. The minimum atomic E-state index is -0.530. The molecule has 11 aromatic rings. The highest BCUT2D eigenvalue weighted by atomic mass is 16.5.